The van der Waals surface area contributed by atoms with Gasteiger partial charge in [-0.2, -0.15) is 0 Å². The van der Waals surface area contributed by atoms with Gasteiger partial charge in [0.25, 0.3) is 0 Å². The van der Waals surface area contributed by atoms with Gasteiger partial charge in [-0.1, -0.05) is 19.0 Å². The van der Waals surface area contributed by atoms with Crippen LogP contribution in [0.4, 0.5) is 0 Å². The van der Waals surface area contributed by atoms with Gasteiger partial charge < -0.3 is 16.1 Å². The van der Waals surface area contributed by atoms with Crippen LogP contribution in [0.25, 0.3) is 0 Å². The number of nitrogens with zero attached hydrogens (tertiary/aromatic N) is 1. The van der Waals surface area contributed by atoms with E-state index in [4.69, 9.17) is 5.11 Å². The molecule has 0 saturated carbocycles. The summed E-state index contributed by atoms with van der Waals surface area (Å²) >= 11 is 0. The van der Waals surface area contributed by atoms with Gasteiger partial charge in [0.1, 0.15) is 0 Å². The Hall–Kier alpha value is 0.250. The van der Waals surface area contributed by atoms with Gasteiger partial charge in [-0.15, -0.1) is 4.91 Å². The van der Waals surface area contributed by atoms with Gasteiger partial charge in [0.05, 0.1) is 0 Å². The third-order valence-electron chi connectivity index (χ3n) is 1.11. The van der Waals surface area contributed by atoms with E-state index in [2.05, 4.69) is 5.18 Å². The quantitative estimate of drug-likeness (QED) is 0.493. The number of carboxylic acids is 1. The van der Waals surface area contributed by atoms with Crippen LogP contribution < -0.4 is 0 Å². The summed E-state index contributed by atoms with van der Waals surface area (Å²) in [5, 5.41) is 10.8. The molecule has 0 aromatic heterocycles. The van der Waals surface area contributed by atoms with E-state index < -0.39 is 12.0 Å². The number of rotatable bonds is 4. The predicted molar refractivity (Wildman–Crippen MR) is 49.7 cm³/mol. The number of hydrogen-bond donors (Lipinski definition) is 1. The topological polar surface area (TPSA) is 130 Å². The van der Waals surface area contributed by atoms with Crippen LogP contribution in [0.15, 0.2) is 5.18 Å². The summed E-state index contributed by atoms with van der Waals surface area (Å²) in [5.41, 5.74) is 0. The molecule has 0 aliphatic rings. The number of carbonyl (C=O) groups is 1. The Morgan fingerprint density at radius 3 is 1.85 bits per heavy atom. The molecule has 2 radical (unpaired) electrons. The molecule has 6 nitrogen and oxygen atoms in total. The van der Waals surface area contributed by atoms with Crippen LogP contribution in [0.1, 0.15) is 20.3 Å². The fraction of sp³-hybridized carbons (Fsp3) is 0.833. The number of carboxylic acid groups (broad SMARTS) is 1. The van der Waals surface area contributed by atoms with Gasteiger partial charge >= 0.3 is 5.97 Å². The maximum Gasteiger partial charge on any atom is 0.332 e. The van der Waals surface area contributed by atoms with E-state index >= 15 is 0 Å². The molecule has 0 saturated heterocycles. The van der Waals surface area contributed by atoms with Gasteiger partial charge in [-0.3, -0.25) is 0 Å². The second-order valence-corrected chi connectivity index (χ2v) is 2.59. The van der Waals surface area contributed by atoms with Crippen molar-refractivity contribution < 1.29 is 20.9 Å². The van der Waals surface area contributed by atoms with Gasteiger partial charge in [0.15, 0.2) is 6.04 Å². The molecule has 0 rings (SSSR count). The molecule has 0 amide bonds. The van der Waals surface area contributed by atoms with Crippen molar-refractivity contribution in [3.05, 3.63) is 4.91 Å². The normalized spacial score (nSPS) is 10.1. The van der Waals surface area contributed by atoms with Crippen LogP contribution in [-0.4, -0.2) is 65.8 Å². The standard InChI is InChI=1S/C6H11NO3.Ca.2H2O/c1-4(2)3-5(7-10)6(8)9;;;/h4-5H,3H2,1-2H3,(H,8,9);;2*1H2/t5-;;;/m0.../s1. The largest absolute Gasteiger partial charge is 0.480 e. The fourth-order valence-corrected chi connectivity index (χ4v) is 0.635. The van der Waals surface area contributed by atoms with Gasteiger partial charge in [-0.25, -0.2) is 4.79 Å². The van der Waals surface area contributed by atoms with Crippen LogP contribution in [0.5, 0.6) is 0 Å². The van der Waals surface area contributed by atoms with Crippen molar-refractivity contribution in [3.8, 4) is 0 Å². The summed E-state index contributed by atoms with van der Waals surface area (Å²) in [5.74, 6) is -0.942. The first-order valence-corrected chi connectivity index (χ1v) is 3.13. The summed E-state index contributed by atoms with van der Waals surface area (Å²) < 4.78 is 0. The fourth-order valence-electron chi connectivity index (χ4n) is 0.635. The zero-order valence-corrected chi connectivity index (χ0v) is 9.99. The summed E-state index contributed by atoms with van der Waals surface area (Å²) in [6.45, 7) is 3.70. The van der Waals surface area contributed by atoms with Crippen LogP contribution in [0.2, 0.25) is 0 Å². The van der Waals surface area contributed by atoms with Gasteiger partial charge in [0, 0.05) is 37.7 Å². The molecule has 13 heavy (non-hydrogen) atoms. The summed E-state index contributed by atoms with van der Waals surface area (Å²) in [4.78, 5) is 20.0. The molecule has 7 heteroatoms. The van der Waals surface area contributed by atoms with Gasteiger partial charge in [0.2, 0.25) is 0 Å². The first-order valence-electron chi connectivity index (χ1n) is 3.13. The summed E-state index contributed by atoms with van der Waals surface area (Å²) in [6, 6.07) is -1.07. The monoisotopic (exact) mass is 221 g/mol. The smallest absolute Gasteiger partial charge is 0.332 e. The van der Waals surface area contributed by atoms with Crippen molar-refractivity contribution in [1.29, 1.82) is 0 Å². The number of aliphatic carboxylic acids is 1. The average molecular weight is 221 g/mol. The molecule has 0 aliphatic carbocycles. The molecule has 5 N–H and O–H groups in total. The first-order chi connectivity index (χ1) is 4.57. The van der Waals surface area contributed by atoms with E-state index in [1.54, 1.807) is 0 Å². The predicted octanol–water partition coefficient (Wildman–Crippen LogP) is -0.778. The summed E-state index contributed by atoms with van der Waals surface area (Å²) in [7, 11) is 0. The van der Waals surface area contributed by atoms with Gasteiger partial charge in [-0.05, 0) is 12.3 Å². The SMILES string of the molecule is CC(C)C[C@H](N=O)C(=O)O.O.O.[Ca]. The Bertz CT molecular complexity index is 141. The minimum Gasteiger partial charge on any atom is -0.480 e. The molecule has 0 spiro atoms. The second kappa shape index (κ2) is 12.2. The molecular formula is C6H15CaNO5. The maximum absolute atomic E-state index is 10.2. The van der Waals surface area contributed by atoms with E-state index in [1.165, 1.54) is 0 Å². The minimum atomic E-state index is -1.14. The number of hydrogen-bond acceptors (Lipinski definition) is 3. The molecule has 76 valence electrons. The Morgan fingerprint density at radius 2 is 1.77 bits per heavy atom. The minimum absolute atomic E-state index is 0. The van der Waals surface area contributed by atoms with Crippen molar-refractivity contribution in [1.82, 2.24) is 0 Å². The third kappa shape index (κ3) is 12.2. The zero-order chi connectivity index (χ0) is 8.15. The van der Waals surface area contributed by atoms with Crippen molar-refractivity contribution >= 4 is 43.7 Å². The average Bonchev–Trinajstić information content (AvgIpc) is 1.81. The zero-order valence-electron chi connectivity index (χ0n) is 7.78. The van der Waals surface area contributed by atoms with Crippen LogP contribution >= 0.6 is 0 Å². The van der Waals surface area contributed by atoms with Crippen molar-refractivity contribution in [3.63, 3.8) is 0 Å². The van der Waals surface area contributed by atoms with E-state index in [0.29, 0.717) is 6.42 Å². The van der Waals surface area contributed by atoms with Crippen molar-refractivity contribution in [2.45, 2.75) is 26.3 Å². The van der Waals surface area contributed by atoms with Crippen LogP contribution in [0, 0.1) is 10.8 Å². The molecule has 0 bridgehead atoms. The Morgan fingerprint density at radius 1 is 1.38 bits per heavy atom. The van der Waals surface area contributed by atoms with E-state index in [0.717, 1.165) is 0 Å². The van der Waals surface area contributed by atoms with E-state index in [-0.39, 0.29) is 54.6 Å². The molecule has 0 heterocycles. The molecular weight excluding hydrogens is 206 g/mol. The molecule has 1 atom stereocenters. The molecule has 0 aromatic carbocycles. The van der Waals surface area contributed by atoms with Crippen LogP contribution in [0.3, 0.4) is 0 Å². The second-order valence-electron chi connectivity index (χ2n) is 2.59. The molecule has 0 unspecified atom stereocenters. The Balaban J connectivity index is -0.000000135. The van der Waals surface area contributed by atoms with Crippen molar-refractivity contribution in [2.75, 3.05) is 0 Å². The summed E-state index contributed by atoms with van der Waals surface area (Å²) in [6.07, 6.45) is 0.318. The van der Waals surface area contributed by atoms with E-state index in [9.17, 15) is 9.70 Å². The van der Waals surface area contributed by atoms with E-state index in [1.807, 2.05) is 13.8 Å². The Labute approximate surface area is 106 Å². The number of nitroso groups, excluding NO2 is 1. The third-order valence-corrected chi connectivity index (χ3v) is 1.11. The molecule has 0 aromatic rings. The van der Waals surface area contributed by atoms with Crippen molar-refractivity contribution in [2.24, 2.45) is 11.1 Å². The van der Waals surface area contributed by atoms with Crippen LogP contribution in [-0.2, 0) is 4.79 Å². The maximum atomic E-state index is 10.2. The first kappa shape index (κ1) is 23.2. The Kier molecular flexibility index (Phi) is 21.9. The molecule has 0 aliphatic heterocycles. The molecule has 0 fully saturated rings.